The molecule has 0 aromatic heterocycles. The van der Waals surface area contributed by atoms with Crippen molar-refractivity contribution >= 4 is 5.97 Å². The molecule has 13 heavy (non-hydrogen) atoms. The van der Waals surface area contributed by atoms with Crippen LogP contribution >= 0.6 is 0 Å². The van der Waals surface area contributed by atoms with E-state index in [-0.39, 0.29) is 0 Å². The number of aliphatic carboxylic acids is 1. The van der Waals surface area contributed by atoms with Crippen molar-refractivity contribution < 1.29 is 9.90 Å². The lowest BCUT2D eigenvalue weighted by Gasteiger charge is -2.25. The molecule has 1 atom stereocenters. The average molecular weight is 184 g/mol. The van der Waals surface area contributed by atoms with Crippen molar-refractivity contribution in [1.29, 1.82) is 5.26 Å². The molecule has 0 saturated carbocycles. The summed E-state index contributed by atoms with van der Waals surface area (Å²) in [5.41, 5.74) is -0.883. The summed E-state index contributed by atoms with van der Waals surface area (Å²) < 4.78 is 0. The molecular weight excluding hydrogens is 168 g/mol. The number of nitriles is 1. The minimum Gasteiger partial charge on any atom is -0.480 e. The van der Waals surface area contributed by atoms with Gasteiger partial charge in [0, 0.05) is 13.0 Å². The second kappa shape index (κ2) is 5.55. The summed E-state index contributed by atoms with van der Waals surface area (Å²) in [5.74, 6) is -0.854. The van der Waals surface area contributed by atoms with Crippen LogP contribution in [0.2, 0.25) is 0 Å². The molecule has 0 saturated heterocycles. The van der Waals surface area contributed by atoms with E-state index >= 15 is 0 Å². The van der Waals surface area contributed by atoms with Crippen LogP contribution in [0, 0.1) is 11.3 Å². The average Bonchev–Trinajstić information content (AvgIpc) is 2.05. The quantitative estimate of drug-likeness (QED) is 0.607. The Hall–Kier alpha value is -1.08. The predicted octanol–water partition coefficient (Wildman–Crippen LogP) is 1.13. The molecule has 74 valence electrons. The normalized spacial score (nSPS) is 14.5. The molecule has 0 radical (unpaired) electrons. The summed E-state index contributed by atoms with van der Waals surface area (Å²) in [5, 5.41) is 20.1. The van der Waals surface area contributed by atoms with Crippen LogP contribution in [0.25, 0.3) is 0 Å². The van der Waals surface area contributed by atoms with Crippen molar-refractivity contribution in [2.24, 2.45) is 0 Å². The van der Waals surface area contributed by atoms with Gasteiger partial charge in [-0.15, -0.1) is 0 Å². The van der Waals surface area contributed by atoms with E-state index in [1.54, 1.807) is 6.92 Å². The van der Waals surface area contributed by atoms with Crippen LogP contribution in [0.4, 0.5) is 0 Å². The van der Waals surface area contributed by atoms with Gasteiger partial charge >= 0.3 is 5.97 Å². The molecule has 0 spiro atoms. The highest BCUT2D eigenvalue weighted by Gasteiger charge is 2.30. The molecule has 0 aliphatic carbocycles. The Morgan fingerprint density at radius 1 is 1.69 bits per heavy atom. The van der Waals surface area contributed by atoms with Crippen LogP contribution < -0.4 is 5.32 Å². The lowest BCUT2D eigenvalue weighted by atomic mass is 9.96. The van der Waals surface area contributed by atoms with Gasteiger partial charge in [0.15, 0.2) is 0 Å². The Balaban J connectivity index is 4.09. The van der Waals surface area contributed by atoms with E-state index in [4.69, 9.17) is 10.4 Å². The third-order valence-electron chi connectivity index (χ3n) is 1.97. The maximum atomic E-state index is 10.9. The Morgan fingerprint density at radius 2 is 2.31 bits per heavy atom. The van der Waals surface area contributed by atoms with Gasteiger partial charge in [-0.25, -0.2) is 0 Å². The molecule has 1 unspecified atom stereocenters. The lowest BCUT2D eigenvalue weighted by Crippen LogP contribution is -2.49. The molecule has 0 bridgehead atoms. The number of carbonyl (C=O) groups is 1. The number of hydrogen-bond acceptors (Lipinski definition) is 3. The van der Waals surface area contributed by atoms with Crippen molar-refractivity contribution in [2.45, 2.75) is 38.6 Å². The fourth-order valence-electron chi connectivity index (χ4n) is 1.17. The molecule has 0 aromatic rings. The van der Waals surface area contributed by atoms with Gasteiger partial charge in [0.1, 0.15) is 5.54 Å². The summed E-state index contributed by atoms with van der Waals surface area (Å²) in [4.78, 5) is 10.9. The fraction of sp³-hybridized carbons (Fsp3) is 0.778. The molecule has 2 N–H and O–H groups in total. The minimum atomic E-state index is -0.883. The van der Waals surface area contributed by atoms with Crippen LogP contribution in [-0.2, 0) is 4.79 Å². The van der Waals surface area contributed by atoms with Gasteiger partial charge in [-0.05, 0) is 13.3 Å². The molecule has 0 aliphatic rings. The van der Waals surface area contributed by atoms with Crippen molar-refractivity contribution in [1.82, 2.24) is 5.32 Å². The second-order valence-electron chi connectivity index (χ2n) is 3.22. The van der Waals surface area contributed by atoms with Gasteiger partial charge in [0.05, 0.1) is 6.07 Å². The van der Waals surface area contributed by atoms with E-state index < -0.39 is 11.5 Å². The number of nitrogens with one attached hydrogen (secondary N) is 1. The van der Waals surface area contributed by atoms with E-state index in [2.05, 4.69) is 5.32 Å². The minimum absolute atomic E-state index is 0.340. The molecule has 0 aromatic carbocycles. The largest absolute Gasteiger partial charge is 0.480 e. The predicted molar refractivity (Wildman–Crippen MR) is 49.2 cm³/mol. The summed E-state index contributed by atoms with van der Waals surface area (Å²) in [7, 11) is 0. The van der Waals surface area contributed by atoms with Gasteiger partial charge in [0.25, 0.3) is 0 Å². The van der Waals surface area contributed by atoms with Gasteiger partial charge in [-0.2, -0.15) is 5.26 Å². The van der Waals surface area contributed by atoms with E-state index in [9.17, 15) is 4.79 Å². The molecule has 0 rings (SSSR count). The maximum absolute atomic E-state index is 10.9. The van der Waals surface area contributed by atoms with Crippen molar-refractivity contribution in [3.05, 3.63) is 0 Å². The van der Waals surface area contributed by atoms with Crippen LogP contribution in [0.5, 0.6) is 0 Å². The van der Waals surface area contributed by atoms with Gasteiger partial charge in [-0.3, -0.25) is 4.79 Å². The van der Waals surface area contributed by atoms with Crippen LogP contribution in [0.1, 0.15) is 33.1 Å². The highest BCUT2D eigenvalue weighted by molar-refractivity contribution is 5.78. The van der Waals surface area contributed by atoms with Crippen molar-refractivity contribution in [3.63, 3.8) is 0 Å². The maximum Gasteiger partial charge on any atom is 0.323 e. The molecule has 0 aliphatic heterocycles. The number of carboxylic acids is 1. The summed E-state index contributed by atoms with van der Waals surface area (Å²) in [6, 6.07) is 1.97. The molecule has 0 fully saturated rings. The molecular formula is C9H16N2O2. The number of hydrogen-bond donors (Lipinski definition) is 2. The summed E-state index contributed by atoms with van der Waals surface area (Å²) in [6.45, 7) is 4.02. The van der Waals surface area contributed by atoms with E-state index in [1.807, 2.05) is 13.0 Å². The van der Waals surface area contributed by atoms with Crippen LogP contribution in [0.3, 0.4) is 0 Å². The molecule has 4 heteroatoms. The Bertz CT molecular complexity index is 210. The number of carboxylic acid groups (broad SMARTS) is 1. The Morgan fingerprint density at radius 3 is 2.69 bits per heavy atom. The van der Waals surface area contributed by atoms with Gasteiger partial charge < -0.3 is 10.4 Å². The second-order valence-corrected chi connectivity index (χ2v) is 3.22. The highest BCUT2D eigenvalue weighted by atomic mass is 16.4. The summed E-state index contributed by atoms with van der Waals surface area (Å²) >= 11 is 0. The molecule has 0 amide bonds. The van der Waals surface area contributed by atoms with Crippen LogP contribution in [-0.4, -0.2) is 23.2 Å². The third kappa shape index (κ3) is 3.90. The molecule has 4 nitrogen and oxygen atoms in total. The topological polar surface area (TPSA) is 73.1 Å². The fourth-order valence-corrected chi connectivity index (χ4v) is 1.17. The highest BCUT2D eigenvalue weighted by Crippen LogP contribution is 2.12. The van der Waals surface area contributed by atoms with Crippen LogP contribution in [0.15, 0.2) is 0 Å². The van der Waals surface area contributed by atoms with Crippen molar-refractivity contribution in [2.75, 3.05) is 6.54 Å². The zero-order chi connectivity index (χ0) is 10.3. The monoisotopic (exact) mass is 184 g/mol. The summed E-state index contributed by atoms with van der Waals surface area (Å²) in [6.07, 6.45) is 1.72. The number of rotatable bonds is 6. The van der Waals surface area contributed by atoms with Gasteiger partial charge in [-0.1, -0.05) is 13.3 Å². The Labute approximate surface area is 78.6 Å². The van der Waals surface area contributed by atoms with Crippen molar-refractivity contribution in [3.8, 4) is 6.07 Å². The first-order valence-corrected chi connectivity index (χ1v) is 4.42. The van der Waals surface area contributed by atoms with Gasteiger partial charge in [0.2, 0.25) is 0 Å². The zero-order valence-electron chi connectivity index (χ0n) is 8.13. The van der Waals surface area contributed by atoms with E-state index in [1.165, 1.54) is 0 Å². The standard InChI is InChI=1S/C9H16N2O2/c1-3-5-9(2,8(12)13)11-7-4-6-10/h11H,3-5,7H2,1-2H3,(H,12,13). The molecule has 0 heterocycles. The lowest BCUT2D eigenvalue weighted by molar-refractivity contribution is -0.144. The Kier molecular flexibility index (Phi) is 5.09. The first kappa shape index (κ1) is 11.9. The SMILES string of the molecule is CCCC(C)(NCCC#N)C(=O)O. The van der Waals surface area contributed by atoms with E-state index in [0.29, 0.717) is 19.4 Å². The third-order valence-corrected chi connectivity index (χ3v) is 1.97. The first-order valence-electron chi connectivity index (χ1n) is 4.42. The first-order chi connectivity index (χ1) is 6.06. The number of nitrogens with zero attached hydrogens (tertiary/aromatic N) is 1. The smallest absolute Gasteiger partial charge is 0.323 e. The van der Waals surface area contributed by atoms with E-state index in [0.717, 1.165) is 6.42 Å². The zero-order valence-corrected chi connectivity index (χ0v) is 8.13.